The number of phenols is 2. The van der Waals surface area contributed by atoms with Crippen LogP contribution in [0, 0.1) is 5.92 Å². The number of nitrogens with one attached hydrogen (secondary N) is 2. The number of carboxylic acids is 1. The smallest absolute Gasteiger partial charge is 0.326 e. The molecule has 7 N–H and O–H groups in total. The van der Waals surface area contributed by atoms with Gasteiger partial charge >= 0.3 is 5.97 Å². The Balaban J connectivity index is 1.83. The molecule has 2 aromatic carbocycles. The fourth-order valence-electron chi connectivity index (χ4n) is 6.79. The maximum absolute atomic E-state index is 14.4. The van der Waals surface area contributed by atoms with Gasteiger partial charge in [-0.2, -0.15) is 0 Å². The van der Waals surface area contributed by atoms with Crippen LogP contribution in [0.3, 0.4) is 0 Å². The normalized spacial score (nSPS) is 16.3. The van der Waals surface area contributed by atoms with Gasteiger partial charge in [-0.05, 0) is 73.4 Å². The molecule has 5 atom stereocenters. The van der Waals surface area contributed by atoms with Crippen LogP contribution in [0.25, 0.3) is 0 Å². The third-order valence-corrected chi connectivity index (χ3v) is 10.1. The van der Waals surface area contributed by atoms with Gasteiger partial charge in [-0.15, -0.1) is 11.6 Å². The molecule has 1 fully saturated rings. The number of benzene rings is 2. The average Bonchev–Trinajstić information content (AvgIpc) is 3.63. The van der Waals surface area contributed by atoms with E-state index in [0.29, 0.717) is 36.3 Å². The molecule has 0 saturated carbocycles. The number of likely N-dealkylation sites (tertiary alicyclic amines) is 1. The maximum atomic E-state index is 14.4. The van der Waals surface area contributed by atoms with Crippen LogP contribution in [0.15, 0.2) is 48.5 Å². The maximum Gasteiger partial charge on any atom is 0.326 e. The summed E-state index contributed by atoms with van der Waals surface area (Å²) in [4.78, 5) is 70.3. The average molecular weight is 772 g/mol. The fraction of sp³-hybridized carbons (Fsp3) is 0.575. The van der Waals surface area contributed by atoms with E-state index in [1.807, 2.05) is 13.8 Å². The Labute approximate surface area is 323 Å². The minimum absolute atomic E-state index is 0.00696. The minimum atomic E-state index is -1.12. The zero-order valence-electron chi connectivity index (χ0n) is 31.7. The number of nitrogens with two attached hydrogens (primary N) is 1. The lowest BCUT2D eigenvalue weighted by Gasteiger charge is -2.35. The molecule has 1 aliphatic heterocycles. The van der Waals surface area contributed by atoms with Gasteiger partial charge in [-0.1, -0.05) is 63.8 Å². The van der Waals surface area contributed by atoms with E-state index in [0.717, 1.165) is 32.1 Å². The number of unbranched alkanes of at least 4 members (excludes halogenated alkanes) is 4. The number of halogens is 1. The first kappa shape index (κ1) is 44.0. The summed E-state index contributed by atoms with van der Waals surface area (Å²) >= 11 is 5.75. The SMILES string of the molecule is CC(C)C[C@H](NC(=O)[C@H](Cc1ccc(O)cc1)NC(=O)C[C@H](N)CCCCCCCCl)C(=O)N(C)[C@@H](Cc1ccc(O)cc1)C(=O)N1CCC[C@H]1C(=O)O. The van der Waals surface area contributed by atoms with Gasteiger partial charge in [-0.3, -0.25) is 19.2 Å². The molecule has 0 spiro atoms. The second kappa shape index (κ2) is 22.1. The van der Waals surface area contributed by atoms with Crippen molar-refractivity contribution in [1.29, 1.82) is 0 Å². The highest BCUT2D eigenvalue weighted by Gasteiger charge is 2.41. The topological polar surface area (TPSA) is 203 Å². The summed E-state index contributed by atoms with van der Waals surface area (Å²) in [7, 11) is 1.46. The number of carbonyl (C=O) groups is 5. The van der Waals surface area contributed by atoms with E-state index in [1.165, 1.54) is 41.1 Å². The van der Waals surface area contributed by atoms with Crippen LogP contribution in [0.5, 0.6) is 11.5 Å². The molecule has 0 aliphatic carbocycles. The van der Waals surface area contributed by atoms with Gasteiger partial charge in [0.25, 0.3) is 0 Å². The van der Waals surface area contributed by atoms with Crippen LogP contribution in [0.4, 0.5) is 0 Å². The third-order valence-electron chi connectivity index (χ3n) is 9.79. The summed E-state index contributed by atoms with van der Waals surface area (Å²) in [6.45, 7) is 4.01. The third kappa shape index (κ3) is 14.1. The number of nitrogens with zero attached hydrogens (tertiary/aromatic N) is 2. The number of carbonyl (C=O) groups excluding carboxylic acids is 4. The molecule has 1 heterocycles. The number of amides is 4. The van der Waals surface area contributed by atoms with Crippen LogP contribution >= 0.6 is 11.6 Å². The summed E-state index contributed by atoms with van der Waals surface area (Å²) in [5, 5.41) is 35.1. The fourth-order valence-corrected chi connectivity index (χ4v) is 6.98. The van der Waals surface area contributed by atoms with Crippen LogP contribution in [0.1, 0.15) is 89.2 Å². The molecule has 0 aromatic heterocycles. The summed E-state index contributed by atoms with van der Waals surface area (Å²) in [5.74, 6) is -2.57. The van der Waals surface area contributed by atoms with Crippen LogP contribution in [-0.4, -0.2) is 104 Å². The predicted molar refractivity (Wildman–Crippen MR) is 207 cm³/mol. The van der Waals surface area contributed by atoms with Crippen LogP contribution in [0.2, 0.25) is 0 Å². The van der Waals surface area contributed by atoms with Gasteiger partial charge in [0.2, 0.25) is 23.6 Å². The van der Waals surface area contributed by atoms with Crippen molar-refractivity contribution < 1.29 is 39.3 Å². The van der Waals surface area contributed by atoms with E-state index in [-0.39, 0.29) is 49.6 Å². The summed E-state index contributed by atoms with van der Waals surface area (Å²) < 4.78 is 0. The van der Waals surface area contributed by atoms with Crippen molar-refractivity contribution >= 4 is 41.2 Å². The molecule has 1 saturated heterocycles. The molecular weight excluding hydrogens is 714 g/mol. The van der Waals surface area contributed by atoms with Crippen molar-refractivity contribution in [3.63, 3.8) is 0 Å². The highest BCUT2D eigenvalue weighted by atomic mass is 35.5. The van der Waals surface area contributed by atoms with Gasteiger partial charge in [0.15, 0.2) is 0 Å². The van der Waals surface area contributed by atoms with Crippen molar-refractivity contribution in [3.8, 4) is 11.5 Å². The Morgan fingerprint density at radius 2 is 1.44 bits per heavy atom. The van der Waals surface area contributed by atoms with Gasteiger partial charge in [0.1, 0.15) is 35.7 Å². The molecule has 3 rings (SSSR count). The number of likely N-dealkylation sites (N-methyl/N-ethyl adjacent to an activating group) is 1. The van der Waals surface area contributed by atoms with E-state index in [1.54, 1.807) is 24.3 Å². The minimum Gasteiger partial charge on any atom is -0.508 e. The number of hydrogen-bond acceptors (Lipinski definition) is 8. The molecule has 1 aliphatic rings. The van der Waals surface area contributed by atoms with Gasteiger partial charge in [0.05, 0.1) is 0 Å². The molecule has 0 bridgehead atoms. The number of aromatic hydroxyl groups is 2. The molecule has 13 nitrogen and oxygen atoms in total. The van der Waals surface area contributed by atoms with E-state index < -0.39 is 59.8 Å². The second-order valence-corrected chi connectivity index (χ2v) is 15.1. The van der Waals surface area contributed by atoms with Crippen LogP contribution < -0.4 is 16.4 Å². The Kier molecular flexibility index (Phi) is 18.0. The second-order valence-electron chi connectivity index (χ2n) is 14.8. The van der Waals surface area contributed by atoms with E-state index in [4.69, 9.17) is 17.3 Å². The van der Waals surface area contributed by atoms with Crippen molar-refractivity contribution in [2.45, 2.75) is 121 Å². The van der Waals surface area contributed by atoms with Crippen molar-refractivity contribution in [2.75, 3.05) is 19.5 Å². The lowest BCUT2D eigenvalue weighted by molar-refractivity contribution is -0.153. The van der Waals surface area contributed by atoms with Crippen molar-refractivity contribution in [1.82, 2.24) is 20.4 Å². The number of hydrogen-bond donors (Lipinski definition) is 6. The molecule has 0 radical (unpaired) electrons. The number of alkyl halides is 1. The van der Waals surface area contributed by atoms with Gasteiger partial charge in [-0.25, -0.2) is 4.79 Å². The molecule has 0 unspecified atom stereocenters. The highest BCUT2D eigenvalue weighted by Crippen LogP contribution is 2.23. The largest absolute Gasteiger partial charge is 0.508 e. The number of carboxylic acid groups (broad SMARTS) is 1. The number of rotatable bonds is 22. The standard InChI is InChI=1S/C40H58ClN5O8/c1-26(2)22-33(38(51)45(3)35(24-28-14-18-31(48)19-15-28)39(52)46-21-9-11-34(46)40(53)54)44-37(50)32(23-27-12-16-30(47)17-13-27)43-36(49)25-29(42)10-7-5-4-6-8-20-41/h12-19,26,29,32-35,47-48H,4-11,20-25,42H2,1-3H3,(H,43,49)(H,44,50)(H,53,54)/t29-,32+,33+,34+,35+/m1/s1. The Morgan fingerprint density at radius 1 is 0.870 bits per heavy atom. The molecule has 14 heteroatoms. The van der Waals surface area contributed by atoms with Crippen molar-refractivity contribution in [3.05, 3.63) is 59.7 Å². The first-order chi connectivity index (χ1) is 25.7. The number of aliphatic carboxylic acids is 1. The Bertz CT molecular complexity index is 1520. The lowest BCUT2D eigenvalue weighted by Crippen LogP contribution is -2.59. The van der Waals surface area contributed by atoms with Crippen LogP contribution in [-0.2, 0) is 36.8 Å². The monoisotopic (exact) mass is 771 g/mol. The van der Waals surface area contributed by atoms with E-state index in [2.05, 4.69) is 10.6 Å². The summed E-state index contributed by atoms with van der Waals surface area (Å²) in [6, 6.07) is 7.74. The zero-order valence-corrected chi connectivity index (χ0v) is 32.5. The number of phenolic OH excluding ortho intramolecular Hbond substituents is 2. The van der Waals surface area contributed by atoms with E-state index >= 15 is 0 Å². The predicted octanol–water partition coefficient (Wildman–Crippen LogP) is 4.10. The first-order valence-corrected chi connectivity index (χ1v) is 19.5. The summed E-state index contributed by atoms with van der Waals surface area (Å²) in [5.41, 5.74) is 7.60. The Morgan fingerprint density at radius 3 is 2.02 bits per heavy atom. The molecular formula is C40H58ClN5O8. The quantitative estimate of drug-likeness (QED) is 0.0753. The molecule has 298 valence electrons. The van der Waals surface area contributed by atoms with E-state index in [9.17, 15) is 39.3 Å². The summed E-state index contributed by atoms with van der Waals surface area (Å²) in [6.07, 6.45) is 6.68. The molecule has 54 heavy (non-hydrogen) atoms. The lowest BCUT2D eigenvalue weighted by atomic mass is 9.98. The highest BCUT2D eigenvalue weighted by molar-refractivity contribution is 6.17. The van der Waals surface area contributed by atoms with Crippen molar-refractivity contribution in [2.24, 2.45) is 11.7 Å². The van der Waals surface area contributed by atoms with Gasteiger partial charge in [0, 0.05) is 44.8 Å². The van der Waals surface area contributed by atoms with Gasteiger partial charge < -0.3 is 41.5 Å². The molecule has 4 amide bonds. The molecule has 2 aromatic rings. The Hall–Kier alpha value is -4.36. The zero-order chi connectivity index (χ0) is 39.8. The first-order valence-electron chi connectivity index (χ1n) is 19.0.